The number of rotatable bonds is 6. The first-order chi connectivity index (χ1) is 9.38. The molecule has 3 N–H and O–H groups in total. The maximum atomic E-state index is 12.2. The van der Waals surface area contributed by atoms with Crippen LogP contribution in [0.15, 0.2) is 12.1 Å². The van der Waals surface area contributed by atoms with E-state index in [1.165, 1.54) is 0 Å². The molecule has 0 saturated heterocycles. The minimum absolute atomic E-state index is 0.0403. The minimum Gasteiger partial charge on any atom is -0.478 e. The fourth-order valence-corrected chi connectivity index (χ4v) is 2.02. The van der Waals surface area contributed by atoms with Crippen LogP contribution in [0, 0.1) is 13.8 Å². The first kappa shape index (κ1) is 16.2. The summed E-state index contributed by atoms with van der Waals surface area (Å²) in [6, 6.07) is 3.42. The molecule has 110 valence electrons. The zero-order valence-corrected chi connectivity index (χ0v) is 12.1. The van der Waals surface area contributed by atoms with Crippen molar-refractivity contribution in [3.63, 3.8) is 0 Å². The maximum absolute atomic E-state index is 12.2. The van der Waals surface area contributed by atoms with Gasteiger partial charge in [-0.25, -0.2) is 4.79 Å². The van der Waals surface area contributed by atoms with Crippen LogP contribution in [0.3, 0.4) is 0 Å². The number of hydrogen-bond acceptors (Lipinski definition) is 3. The average Bonchev–Trinajstić information content (AvgIpc) is 2.40. The summed E-state index contributed by atoms with van der Waals surface area (Å²) in [7, 11) is 0. The van der Waals surface area contributed by atoms with E-state index in [2.05, 4.69) is 5.32 Å². The molecule has 0 aliphatic heterocycles. The van der Waals surface area contributed by atoms with E-state index < -0.39 is 18.0 Å². The number of aliphatic hydroxyl groups is 1. The Morgan fingerprint density at radius 3 is 2.25 bits per heavy atom. The second kappa shape index (κ2) is 7.05. The zero-order chi connectivity index (χ0) is 15.3. The van der Waals surface area contributed by atoms with Crippen LogP contribution >= 0.6 is 0 Å². The number of carboxylic acids is 1. The summed E-state index contributed by atoms with van der Waals surface area (Å²) < 4.78 is 0. The molecule has 1 rings (SSSR count). The molecule has 0 bridgehead atoms. The van der Waals surface area contributed by atoms with Crippen LogP contribution in [0.25, 0.3) is 0 Å². The number of aliphatic hydroxyl groups excluding tert-OH is 1. The van der Waals surface area contributed by atoms with Crippen molar-refractivity contribution in [3.05, 3.63) is 34.4 Å². The van der Waals surface area contributed by atoms with Crippen molar-refractivity contribution < 1.29 is 19.8 Å². The third-order valence-corrected chi connectivity index (χ3v) is 3.30. The molecular weight excluding hydrogens is 258 g/mol. The van der Waals surface area contributed by atoms with E-state index in [4.69, 9.17) is 0 Å². The molecule has 5 nitrogen and oxygen atoms in total. The molecule has 5 heteroatoms. The molecule has 20 heavy (non-hydrogen) atoms. The van der Waals surface area contributed by atoms with Crippen molar-refractivity contribution in [1.29, 1.82) is 0 Å². The molecule has 0 saturated carbocycles. The molecule has 0 aliphatic rings. The second-order valence-corrected chi connectivity index (χ2v) is 4.86. The lowest BCUT2D eigenvalue weighted by Gasteiger charge is -2.13. The molecule has 1 unspecified atom stereocenters. The highest BCUT2D eigenvalue weighted by Gasteiger charge is 2.21. The predicted molar refractivity (Wildman–Crippen MR) is 76.1 cm³/mol. The highest BCUT2D eigenvalue weighted by atomic mass is 16.4. The number of amides is 1. The van der Waals surface area contributed by atoms with Gasteiger partial charge in [-0.05, 0) is 37.8 Å². The Bertz CT molecular complexity index is 511. The van der Waals surface area contributed by atoms with Gasteiger partial charge in [0.2, 0.25) is 0 Å². The van der Waals surface area contributed by atoms with E-state index in [0.717, 1.165) is 0 Å². The van der Waals surface area contributed by atoms with Gasteiger partial charge < -0.3 is 15.5 Å². The molecule has 1 aromatic carbocycles. The van der Waals surface area contributed by atoms with Crippen LogP contribution in [-0.2, 0) is 0 Å². The number of aryl methyl sites for hydroxylation is 2. The van der Waals surface area contributed by atoms with Crippen LogP contribution in [0.5, 0.6) is 0 Å². The predicted octanol–water partition coefficient (Wildman–Crippen LogP) is 1.89. The highest BCUT2D eigenvalue weighted by Crippen LogP contribution is 2.18. The molecule has 0 radical (unpaired) electrons. The van der Waals surface area contributed by atoms with Gasteiger partial charge in [0.25, 0.3) is 5.91 Å². The lowest BCUT2D eigenvalue weighted by Crippen LogP contribution is -2.29. The Labute approximate surface area is 118 Å². The molecule has 0 fully saturated rings. The van der Waals surface area contributed by atoms with Gasteiger partial charge in [-0.1, -0.05) is 19.1 Å². The Kier molecular flexibility index (Phi) is 5.70. The largest absolute Gasteiger partial charge is 0.478 e. The van der Waals surface area contributed by atoms with Crippen molar-refractivity contribution in [3.8, 4) is 0 Å². The number of nitrogens with one attached hydrogen (secondary N) is 1. The van der Waals surface area contributed by atoms with Crippen molar-refractivity contribution in [2.24, 2.45) is 0 Å². The highest BCUT2D eigenvalue weighted by molar-refractivity contribution is 6.06. The Morgan fingerprint density at radius 1 is 1.20 bits per heavy atom. The van der Waals surface area contributed by atoms with Gasteiger partial charge in [-0.15, -0.1) is 0 Å². The van der Waals surface area contributed by atoms with Gasteiger partial charge in [-0.3, -0.25) is 4.79 Å². The van der Waals surface area contributed by atoms with E-state index in [1.807, 2.05) is 6.92 Å². The summed E-state index contributed by atoms with van der Waals surface area (Å²) >= 11 is 0. The van der Waals surface area contributed by atoms with Crippen molar-refractivity contribution in [1.82, 2.24) is 5.32 Å². The summed E-state index contributed by atoms with van der Waals surface area (Å²) in [5.41, 5.74) is 1.42. The van der Waals surface area contributed by atoms with E-state index in [1.54, 1.807) is 26.0 Å². The maximum Gasteiger partial charge on any atom is 0.336 e. The molecule has 0 spiro atoms. The van der Waals surface area contributed by atoms with E-state index in [0.29, 0.717) is 30.5 Å². The van der Waals surface area contributed by atoms with Gasteiger partial charge in [0.15, 0.2) is 0 Å². The van der Waals surface area contributed by atoms with Crippen molar-refractivity contribution in [2.45, 2.75) is 39.7 Å². The quantitative estimate of drug-likeness (QED) is 0.742. The fourth-order valence-electron chi connectivity index (χ4n) is 2.02. The Morgan fingerprint density at radius 2 is 1.75 bits per heavy atom. The zero-order valence-electron chi connectivity index (χ0n) is 12.1. The third-order valence-electron chi connectivity index (χ3n) is 3.30. The van der Waals surface area contributed by atoms with E-state index in [-0.39, 0.29) is 11.1 Å². The first-order valence-corrected chi connectivity index (χ1v) is 6.68. The Hall–Kier alpha value is -1.88. The number of carbonyl (C=O) groups excluding carboxylic acids is 1. The van der Waals surface area contributed by atoms with Crippen LogP contribution in [0.1, 0.15) is 51.6 Å². The van der Waals surface area contributed by atoms with Gasteiger partial charge >= 0.3 is 5.97 Å². The number of aromatic carboxylic acids is 1. The number of benzene rings is 1. The van der Waals surface area contributed by atoms with Crippen molar-refractivity contribution >= 4 is 11.9 Å². The molecule has 1 amide bonds. The van der Waals surface area contributed by atoms with E-state index >= 15 is 0 Å². The molecule has 1 atom stereocenters. The number of carboxylic acid groups (broad SMARTS) is 1. The summed E-state index contributed by atoms with van der Waals surface area (Å²) in [6.07, 6.45) is 0.628. The average molecular weight is 279 g/mol. The van der Waals surface area contributed by atoms with E-state index in [9.17, 15) is 19.8 Å². The lowest BCUT2D eigenvalue weighted by atomic mass is 9.96. The lowest BCUT2D eigenvalue weighted by molar-refractivity contribution is 0.0689. The summed E-state index contributed by atoms with van der Waals surface area (Å²) in [5, 5.41) is 21.4. The van der Waals surface area contributed by atoms with Gasteiger partial charge in [0.05, 0.1) is 17.2 Å². The summed E-state index contributed by atoms with van der Waals surface area (Å²) in [4.78, 5) is 23.5. The monoisotopic (exact) mass is 279 g/mol. The summed E-state index contributed by atoms with van der Waals surface area (Å²) in [5.74, 6) is -1.52. The number of hydrogen-bond donors (Lipinski definition) is 3. The Balaban J connectivity index is 2.92. The topological polar surface area (TPSA) is 86.6 Å². The minimum atomic E-state index is -1.11. The molecular formula is C15H21NO4. The van der Waals surface area contributed by atoms with Gasteiger partial charge in [0.1, 0.15) is 0 Å². The first-order valence-electron chi connectivity index (χ1n) is 6.68. The molecule has 0 aromatic heterocycles. The van der Waals surface area contributed by atoms with Crippen LogP contribution in [-0.4, -0.2) is 34.7 Å². The molecule has 1 aromatic rings. The molecule has 0 aliphatic carbocycles. The smallest absolute Gasteiger partial charge is 0.336 e. The SMILES string of the molecule is CCC(O)CCNC(=O)c1c(C)ccc(C)c1C(=O)O. The van der Waals surface area contributed by atoms with Crippen molar-refractivity contribution in [2.75, 3.05) is 6.54 Å². The summed E-state index contributed by atoms with van der Waals surface area (Å²) in [6.45, 7) is 5.56. The standard InChI is InChI=1S/C15H21NO4/c1-4-11(17)7-8-16-14(18)12-9(2)5-6-10(3)13(12)15(19)20/h5-6,11,17H,4,7-8H2,1-3H3,(H,16,18)(H,19,20). The third kappa shape index (κ3) is 3.81. The van der Waals surface area contributed by atoms with Gasteiger partial charge in [0, 0.05) is 6.54 Å². The molecule has 0 heterocycles. The van der Waals surface area contributed by atoms with Gasteiger partial charge in [-0.2, -0.15) is 0 Å². The van der Waals surface area contributed by atoms with Crippen LogP contribution in [0.4, 0.5) is 0 Å². The normalized spacial score (nSPS) is 12.0. The van der Waals surface area contributed by atoms with Crippen LogP contribution in [0.2, 0.25) is 0 Å². The number of carbonyl (C=O) groups is 2. The fraction of sp³-hybridized carbons (Fsp3) is 0.467. The second-order valence-electron chi connectivity index (χ2n) is 4.86. The van der Waals surface area contributed by atoms with Crippen LogP contribution < -0.4 is 5.32 Å².